The first-order chi connectivity index (χ1) is 36.1. The molecule has 2 N–H and O–H groups in total. The summed E-state index contributed by atoms with van der Waals surface area (Å²) in [5.41, 5.74) is 1.28. The average molecular weight is 1100 g/mol. The van der Waals surface area contributed by atoms with Crippen LogP contribution in [0.5, 0.6) is 0 Å². The first-order valence-electron chi connectivity index (χ1n) is 28.9. The number of esters is 1. The smallest absolute Gasteiger partial charge is 0.329 e. The van der Waals surface area contributed by atoms with Crippen molar-refractivity contribution in [3.8, 4) is 0 Å². The van der Waals surface area contributed by atoms with Crippen molar-refractivity contribution in [1.29, 1.82) is 0 Å². The van der Waals surface area contributed by atoms with Gasteiger partial charge in [-0.15, -0.1) is 0 Å². The molecule has 1 saturated carbocycles. The molecule has 0 radical (unpaired) electrons. The Hall–Kier alpha value is -3.19. The number of hydrogen-bond donors (Lipinski definition) is 2. The largest absolute Gasteiger partial charge is 0.460 e. The fourth-order valence-electron chi connectivity index (χ4n) is 11.7. The zero-order valence-electron chi connectivity index (χ0n) is 50.0. The van der Waals surface area contributed by atoms with Crippen LogP contribution in [0.1, 0.15) is 153 Å². The fraction of sp³-hybridized carbons (Fsp3) is 0.787. The number of carbonyl (C=O) groups excluding carboxylic acids is 5. The molecule has 4 rings (SSSR count). The lowest BCUT2D eigenvalue weighted by atomic mass is 9.78. The van der Waals surface area contributed by atoms with Crippen LogP contribution < -0.4 is 0 Å². The number of hydrogen-bond acceptors (Lipinski definition) is 14. The van der Waals surface area contributed by atoms with Crippen molar-refractivity contribution in [2.45, 2.75) is 226 Å². The van der Waals surface area contributed by atoms with E-state index in [4.69, 9.17) is 32.8 Å². The molecule has 16 heteroatoms. The molecule has 1 amide bonds. The summed E-state index contributed by atoms with van der Waals surface area (Å²) < 4.78 is 43.1. The predicted molar refractivity (Wildman–Crippen MR) is 301 cm³/mol. The first-order valence-corrected chi connectivity index (χ1v) is 31.8. The summed E-state index contributed by atoms with van der Waals surface area (Å²) in [6, 6.07) is -1.14. The lowest BCUT2D eigenvalue weighted by molar-refractivity contribution is -0.265. The van der Waals surface area contributed by atoms with Gasteiger partial charge in [0.1, 0.15) is 30.1 Å². The van der Waals surface area contributed by atoms with E-state index in [0.717, 1.165) is 18.4 Å². The third-order valence-electron chi connectivity index (χ3n) is 18.3. The Bertz CT molecular complexity index is 2080. The highest BCUT2D eigenvalue weighted by atomic mass is 28.4. The predicted octanol–water partition coefficient (Wildman–Crippen LogP) is 9.86. The highest BCUT2D eigenvalue weighted by Crippen LogP contribution is 2.45. The molecule has 0 aromatic carbocycles. The van der Waals surface area contributed by atoms with Crippen molar-refractivity contribution < 1.29 is 67.0 Å². The molecule has 0 aromatic rings. The van der Waals surface area contributed by atoms with Crippen LogP contribution in [-0.4, -0.2) is 148 Å². The molecule has 3 heterocycles. The lowest BCUT2D eigenvalue weighted by Crippen LogP contribution is -2.61. The molecule has 15 atom stereocenters. The van der Waals surface area contributed by atoms with Crippen LogP contribution >= 0.6 is 0 Å². The van der Waals surface area contributed by atoms with Gasteiger partial charge in [0.2, 0.25) is 5.79 Å². The van der Waals surface area contributed by atoms with E-state index >= 15 is 0 Å². The summed E-state index contributed by atoms with van der Waals surface area (Å²) in [6.45, 7) is 27.4. The van der Waals surface area contributed by atoms with Gasteiger partial charge >= 0.3 is 5.97 Å². The fourth-order valence-corrected chi connectivity index (χ4v) is 14.0. The van der Waals surface area contributed by atoms with Gasteiger partial charge in [0.25, 0.3) is 11.7 Å². The Morgan fingerprint density at radius 3 is 2.18 bits per heavy atom. The van der Waals surface area contributed by atoms with E-state index in [1.807, 2.05) is 58.1 Å². The van der Waals surface area contributed by atoms with Crippen molar-refractivity contribution in [2.75, 3.05) is 41.1 Å². The van der Waals surface area contributed by atoms with Gasteiger partial charge in [-0.05, 0) is 131 Å². The highest BCUT2D eigenvalue weighted by molar-refractivity contribution is 6.74. The summed E-state index contributed by atoms with van der Waals surface area (Å²) in [6.07, 6.45) is 12.3. The Kier molecular flexibility index (Phi) is 25.9. The quantitative estimate of drug-likeness (QED) is 0.0582. The van der Waals surface area contributed by atoms with Gasteiger partial charge in [-0.1, -0.05) is 98.8 Å². The van der Waals surface area contributed by atoms with E-state index in [2.05, 4.69) is 40.8 Å². The van der Waals surface area contributed by atoms with Crippen molar-refractivity contribution >= 4 is 37.5 Å². The van der Waals surface area contributed by atoms with E-state index in [0.29, 0.717) is 76.1 Å². The van der Waals surface area contributed by atoms with Crippen LogP contribution in [0.2, 0.25) is 18.1 Å². The number of aliphatic hydroxyl groups excluding tert-OH is 1. The molecular weight excluding hydrogens is 999 g/mol. The number of ketones is 3. The van der Waals surface area contributed by atoms with Crippen LogP contribution in [0.25, 0.3) is 0 Å². The maximum absolute atomic E-state index is 14.6. The third kappa shape index (κ3) is 17.7. The Balaban J connectivity index is 1.64. The number of piperidine rings is 1. The molecule has 77 heavy (non-hydrogen) atoms. The normalized spacial score (nSPS) is 35.4. The number of rotatable bonds is 13. The van der Waals surface area contributed by atoms with Crippen LogP contribution in [0.4, 0.5) is 0 Å². The molecule has 2 bridgehead atoms. The van der Waals surface area contributed by atoms with Crippen LogP contribution in [0, 0.1) is 41.4 Å². The number of cyclic esters (lactones) is 1. The lowest BCUT2D eigenvalue weighted by Gasteiger charge is -2.43. The van der Waals surface area contributed by atoms with Gasteiger partial charge in [-0.2, -0.15) is 0 Å². The van der Waals surface area contributed by atoms with Crippen molar-refractivity contribution in [1.82, 2.24) is 4.90 Å². The van der Waals surface area contributed by atoms with Gasteiger partial charge in [0.15, 0.2) is 14.1 Å². The summed E-state index contributed by atoms with van der Waals surface area (Å²) in [7, 11) is 2.65. The van der Waals surface area contributed by atoms with Crippen molar-refractivity contribution in [3.05, 3.63) is 47.6 Å². The van der Waals surface area contributed by atoms with Crippen molar-refractivity contribution in [3.63, 3.8) is 0 Å². The zero-order chi connectivity index (χ0) is 57.6. The summed E-state index contributed by atoms with van der Waals surface area (Å²) >= 11 is 0. The number of nitrogens with zero attached hydrogens (tertiary/aromatic N) is 1. The topological polar surface area (TPSA) is 194 Å². The Labute approximate surface area is 463 Å². The maximum atomic E-state index is 14.6. The Morgan fingerprint density at radius 1 is 0.831 bits per heavy atom. The number of aliphatic hydroxyl groups is 2. The number of fused-ring (bicyclic) bond motifs is 3. The number of Topliss-reactive ketones (excluding diaryl/α,β-unsaturated/α-hetero) is 3. The zero-order valence-corrected chi connectivity index (χ0v) is 51.0. The maximum Gasteiger partial charge on any atom is 0.329 e. The first kappa shape index (κ1) is 66.3. The molecule has 2 saturated heterocycles. The summed E-state index contributed by atoms with van der Waals surface area (Å²) in [5.74, 6) is -7.40. The number of carbonyl (C=O) groups is 5. The van der Waals surface area contributed by atoms with E-state index in [1.54, 1.807) is 41.1 Å². The molecule has 4 aliphatic rings. The molecule has 0 spiro atoms. The summed E-state index contributed by atoms with van der Waals surface area (Å²) in [5, 5.41) is 23.7. The standard InChI is InChI=1S/C61H101NO14Si/c1-38(2)60(10,11)77(15,16)74-31-30-73-50-28-26-46(35-53(50)71-13)34-42(6)52-37-49(63)41(5)33-44(8)55(65)56(72-14)54(64)43(7)32-39(3)22-18-17-19-23-40(4)51(70-12)36-47-27-25-45(9)61(69,76-47)57(66)58(67)62-29-21-20-24-48(62)59(68)75-52/h17-19,22-23,33,38-39,41-43,45-48,50-53,55-56,65,69H,20-21,24-32,34-37H2,1-16H3/b19-17?,22-18+,40-23?,44-33+/t39-,41-,42-,43-,45-,46+,47+,48+,50-,51+,52+,53-,55-,56+,61-/m1/s1. The summed E-state index contributed by atoms with van der Waals surface area (Å²) in [4.78, 5) is 72.9. The number of allylic oxidation sites excluding steroid dienone is 6. The molecular formula is C61H101NO14Si. The van der Waals surface area contributed by atoms with Gasteiger partial charge in [0, 0.05) is 58.5 Å². The van der Waals surface area contributed by atoms with E-state index in [9.17, 15) is 34.2 Å². The Morgan fingerprint density at radius 2 is 1.53 bits per heavy atom. The van der Waals surface area contributed by atoms with E-state index < -0.39 is 86.1 Å². The van der Waals surface area contributed by atoms with E-state index in [1.165, 1.54) is 12.0 Å². The van der Waals surface area contributed by atoms with Gasteiger partial charge < -0.3 is 48.0 Å². The van der Waals surface area contributed by atoms with Gasteiger partial charge in [-0.3, -0.25) is 19.2 Å². The minimum atomic E-state index is -2.43. The molecule has 0 unspecified atom stereocenters. The highest BCUT2D eigenvalue weighted by Gasteiger charge is 2.53. The second-order valence-electron chi connectivity index (χ2n) is 24.7. The molecule has 3 fully saturated rings. The van der Waals surface area contributed by atoms with Gasteiger partial charge in [-0.25, -0.2) is 4.79 Å². The minimum absolute atomic E-state index is 0.0159. The van der Waals surface area contributed by atoms with E-state index in [-0.39, 0.29) is 66.0 Å². The average Bonchev–Trinajstić information content (AvgIpc) is 3.39. The van der Waals surface area contributed by atoms with Crippen LogP contribution in [0.15, 0.2) is 47.6 Å². The van der Waals surface area contributed by atoms with Crippen molar-refractivity contribution in [2.24, 2.45) is 41.4 Å². The van der Waals surface area contributed by atoms with Gasteiger partial charge in [0.05, 0.1) is 37.6 Å². The molecule has 1 aliphatic carbocycles. The molecule has 15 nitrogen and oxygen atoms in total. The second kappa shape index (κ2) is 30.0. The second-order valence-corrected chi connectivity index (χ2v) is 29.3. The molecule has 3 aliphatic heterocycles. The monoisotopic (exact) mass is 1100 g/mol. The minimum Gasteiger partial charge on any atom is -0.460 e. The van der Waals surface area contributed by atoms with Crippen LogP contribution in [-0.2, 0) is 56.8 Å². The SMILES string of the molecule is CO[C@H]1C[C@@H]2CC[C@@H](C)[C@@](O)(O2)C(=O)C(=O)N2CCCC[C@H]2C(=O)O[C@H]([C@H](C)C[C@@H]2CC[C@@H](OCCO[Si](C)(C)C(C)(C)C(C)C)[C@H](OC)C2)CC(=O)[C@H](C)/C=C(\C)[C@@H](O)[C@@H](OC)C(=O)[C@H](C)C[C@H](C)/C=C/C=CC=C1C. The number of amides is 1. The third-order valence-corrected chi connectivity index (χ3v) is 22.9. The number of ether oxygens (including phenoxy) is 6. The van der Waals surface area contributed by atoms with Crippen LogP contribution in [0.3, 0.4) is 0 Å². The number of methoxy groups -OCH3 is 3. The molecule has 0 aromatic heterocycles. The molecule has 438 valence electrons.